The van der Waals surface area contributed by atoms with E-state index < -0.39 is 0 Å². The fraction of sp³-hybridized carbons (Fsp3) is 0.462. The first-order valence-corrected chi connectivity index (χ1v) is 8.18. The molecule has 1 aromatic carbocycles. The Morgan fingerprint density at radius 3 is 2.80 bits per heavy atom. The SMILES string of the molecule is I.NC(=NCCc1cc(Br)ccc1F)N1CCSCC1. The number of hydrogen-bond donors (Lipinski definition) is 1. The van der Waals surface area contributed by atoms with Crippen molar-refractivity contribution < 1.29 is 4.39 Å². The Morgan fingerprint density at radius 2 is 2.10 bits per heavy atom. The number of aliphatic imine (C=N–C) groups is 1. The Bertz CT molecular complexity index is 467. The molecule has 7 heteroatoms. The molecule has 0 bridgehead atoms. The van der Waals surface area contributed by atoms with E-state index in [0.29, 0.717) is 24.5 Å². The summed E-state index contributed by atoms with van der Waals surface area (Å²) in [4.78, 5) is 6.43. The molecular formula is C13H18BrFIN3S. The molecule has 20 heavy (non-hydrogen) atoms. The number of halogens is 3. The second-order valence-electron chi connectivity index (χ2n) is 4.33. The third kappa shape index (κ3) is 5.40. The van der Waals surface area contributed by atoms with Crippen LogP contribution in [0.25, 0.3) is 0 Å². The molecule has 2 rings (SSSR count). The zero-order valence-corrected chi connectivity index (χ0v) is 15.8. The van der Waals surface area contributed by atoms with Crippen LogP contribution in [0.1, 0.15) is 5.56 Å². The second-order valence-corrected chi connectivity index (χ2v) is 6.47. The molecule has 0 amide bonds. The van der Waals surface area contributed by atoms with Gasteiger partial charge in [0.2, 0.25) is 0 Å². The molecule has 0 aliphatic carbocycles. The summed E-state index contributed by atoms with van der Waals surface area (Å²) in [6, 6.07) is 4.95. The molecule has 0 unspecified atom stereocenters. The van der Waals surface area contributed by atoms with E-state index in [4.69, 9.17) is 5.73 Å². The maximum Gasteiger partial charge on any atom is 0.191 e. The Morgan fingerprint density at radius 1 is 1.40 bits per heavy atom. The molecule has 1 aliphatic rings. The van der Waals surface area contributed by atoms with Gasteiger partial charge in [0, 0.05) is 35.6 Å². The molecule has 1 aliphatic heterocycles. The zero-order chi connectivity index (χ0) is 13.7. The molecule has 1 aromatic rings. The fourth-order valence-electron chi connectivity index (χ4n) is 1.92. The van der Waals surface area contributed by atoms with Crippen LogP contribution in [0.3, 0.4) is 0 Å². The van der Waals surface area contributed by atoms with Crippen molar-refractivity contribution in [1.29, 1.82) is 0 Å². The molecule has 3 nitrogen and oxygen atoms in total. The average Bonchev–Trinajstić information content (AvgIpc) is 2.43. The minimum absolute atomic E-state index is 0. The van der Waals surface area contributed by atoms with Gasteiger partial charge in [-0.25, -0.2) is 4.39 Å². The highest BCUT2D eigenvalue weighted by molar-refractivity contribution is 14.0. The van der Waals surface area contributed by atoms with Crippen molar-refractivity contribution in [3.63, 3.8) is 0 Å². The minimum Gasteiger partial charge on any atom is -0.370 e. The highest BCUT2D eigenvalue weighted by atomic mass is 127. The Hall–Kier alpha value is -0.0200. The van der Waals surface area contributed by atoms with E-state index in [9.17, 15) is 4.39 Å². The summed E-state index contributed by atoms with van der Waals surface area (Å²) in [7, 11) is 0. The van der Waals surface area contributed by atoms with Crippen molar-refractivity contribution >= 4 is 57.6 Å². The summed E-state index contributed by atoms with van der Waals surface area (Å²) < 4.78 is 14.4. The lowest BCUT2D eigenvalue weighted by Crippen LogP contribution is -2.42. The van der Waals surface area contributed by atoms with Gasteiger partial charge in [0.15, 0.2) is 5.96 Å². The maximum absolute atomic E-state index is 13.5. The monoisotopic (exact) mass is 473 g/mol. The number of benzene rings is 1. The van der Waals surface area contributed by atoms with E-state index >= 15 is 0 Å². The molecule has 0 atom stereocenters. The Balaban J connectivity index is 0.00000200. The van der Waals surface area contributed by atoms with Crippen LogP contribution >= 0.6 is 51.7 Å². The van der Waals surface area contributed by atoms with Crippen LogP contribution in [-0.4, -0.2) is 42.0 Å². The lowest BCUT2D eigenvalue weighted by molar-refractivity contribution is 0.456. The smallest absolute Gasteiger partial charge is 0.191 e. The van der Waals surface area contributed by atoms with Crippen LogP contribution in [0.4, 0.5) is 4.39 Å². The Kier molecular flexibility index (Phi) is 8.20. The molecule has 0 spiro atoms. The second kappa shape index (κ2) is 9.09. The summed E-state index contributed by atoms with van der Waals surface area (Å²) in [6.07, 6.45) is 0.564. The van der Waals surface area contributed by atoms with Crippen LogP contribution in [0.15, 0.2) is 27.7 Å². The van der Waals surface area contributed by atoms with E-state index in [1.54, 1.807) is 12.1 Å². The van der Waals surface area contributed by atoms with Crippen molar-refractivity contribution in [1.82, 2.24) is 4.90 Å². The third-order valence-electron chi connectivity index (χ3n) is 3.00. The predicted molar refractivity (Wildman–Crippen MR) is 98.6 cm³/mol. The number of nitrogens with two attached hydrogens (primary N) is 1. The van der Waals surface area contributed by atoms with Crippen LogP contribution < -0.4 is 5.73 Å². The first-order chi connectivity index (χ1) is 9.16. The van der Waals surface area contributed by atoms with Gasteiger partial charge in [-0.05, 0) is 30.2 Å². The van der Waals surface area contributed by atoms with Gasteiger partial charge in [0.25, 0.3) is 0 Å². The topological polar surface area (TPSA) is 41.6 Å². The third-order valence-corrected chi connectivity index (χ3v) is 4.43. The van der Waals surface area contributed by atoms with E-state index in [0.717, 1.165) is 29.1 Å². The standard InChI is InChI=1S/C13H17BrFN3S.HI/c14-11-1-2-12(15)10(9-11)3-4-17-13(16)18-5-7-19-8-6-18;/h1-2,9H,3-8H2,(H2,16,17);1H. The number of thioether (sulfide) groups is 1. The number of hydrogen-bond acceptors (Lipinski definition) is 2. The molecule has 0 aromatic heterocycles. The van der Waals surface area contributed by atoms with Crippen LogP contribution in [0, 0.1) is 5.82 Å². The van der Waals surface area contributed by atoms with Crippen molar-refractivity contribution in [3.8, 4) is 0 Å². The summed E-state index contributed by atoms with van der Waals surface area (Å²) in [5, 5.41) is 0. The van der Waals surface area contributed by atoms with E-state index in [1.807, 2.05) is 11.8 Å². The number of rotatable bonds is 3. The lowest BCUT2D eigenvalue weighted by Gasteiger charge is -2.27. The maximum atomic E-state index is 13.5. The van der Waals surface area contributed by atoms with Gasteiger partial charge in [-0.3, -0.25) is 4.99 Å². The van der Waals surface area contributed by atoms with Gasteiger partial charge in [-0.2, -0.15) is 11.8 Å². The van der Waals surface area contributed by atoms with Crippen LogP contribution in [0.2, 0.25) is 0 Å². The molecule has 1 saturated heterocycles. The van der Waals surface area contributed by atoms with Gasteiger partial charge in [-0.15, -0.1) is 24.0 Å². The first-order valence-electron chi connectivity index (χ1n) is 6.23. The van der Waals surface area contributed by atoms with E-state index in [1.165, 1.54) is 6.07 Å². The summed E-state index contributed by atoms with van der Waals surface area (Å²) in [5.74, 6) is 2.58. The van der Waals surface area contributed by atoms with Gasteiger partial charge in [-0.1, -0.05) is 15.9 Å². The largest absolute Gasteiger partial charge is 0.370 e. The summed E-state index contributed by atoms with van der Waals surface area (Å²) >= 11 is 5.28. The van der Waals surface area contributed by atoms with Crippen molar-refractivity contribution in [3.05, 3.63) is 34.1 Å². The van der Waals surface area contributed by atoms with E-state index in [2.05, 4.69) is 25.8 Å². The van der Waals surface area contributed by atoms with Crippen molar-refractivity contribution in [2.24, 2.45) is 10.7 Å². The highest BCUT2D eigenvalue weighted by Crippen LogP contribution is 2.16. The number of guanidine groups is 1. The van der Waals surface area contributed by atoms with Gasteiger partial charge in [0.05, 0.1) is 0 Å². The molecule has 1 heterocycles. The zero-order valence-electron chi connectivity index (χ0n) is 11.0. The predicted octanol–water partition coefficient (Wildman–Crippen LogP) is 3.11. The molecule has 112 valence electrons. The molecular weight excluding hydrogens is 456 g/mol. The first kappa shape index (κ1) is 18.0. The quantitative estimate of drug-likeness (QED) is 0.416. The normalized spacial score (nSPS) is 15.9. The molecule has 2 N–H and O–H groups in total. The van der Waals surface area contributed by atoms with Crippen molar-refractivity contribution in [2.75, 3.05) is 31.1 Å². The van der Waals surface area contributed by atoms with Crippen LogP contribution in [-0.2, 0) is 6.42 Å². The lowest BCUT2D eigenvalue weighted by atomic mass is 10.1. The van der Waals surface area contributed by atoms with Gasteiger partial charge >= 0.3 is 0 Å². The Labute approximate surface area is 148 Å². The molecule has 0 saturated carbocycles. The van der Waals surface area contributed by atoms with Crippen molar-refractivity contribution in [2.45, 2.75) is 6.42 Å². The minimum atomic E-state index is -0.189. The summed E-state index contributed by atoms with van der Waals surface area (Å²) in [6.45, 7) is 2.42. The molecule has 0 radical (unpaired) electrons. The highest BCUT2D eigenvalue weighted by Gasteiger charge is 2.11. The summed E-state index contributed by atoms with van der Waals surface area (Å²) in [5.41, 5.74) is 6.61. The molecule has 1 fully saturated rings. The fourth-order valence-corrected chi connectivity index (χ4v) is 3.23. The number of nitrogens with zero attached hydrogens (tertiary/aromatic N) is 2. The average molecular weight is 474 g/mol. The van der Waals surface area contributed by atoms with Gasteiger partial charge in [0.1, 0.15) is 5.82 Å². The van der Waals surface area contributed by atoms with E-state index in [-0.39, 0.29) is 29.8 Å². The van der Waals surface area contributed by atoms with Gasteiger partial charge < -0.3 is 10.6 Å². The van der Waals surface area contributed by atoms with Crippen LogP contribution in [0.5, 0.6) is 0 Å².